The van der Waals surface area contributed by atoms with Gasteiger partial charge in [0, 0.05) is 16.9 Å². The van der Waals surface area contributed by atoms with Crippen LogP contribution in [0.3, 0.4) is 0 Å². The standard InChI is InChI=1S/C14H10ClN3O/c15-13-5-4-12(7-10(13)8-16)18-14(19)9-2-1-3-11(17)6-9/h1-7H,17H2,(H,18,19). The quantitative estimate of drug-likeness (QED) is 0.824. The fraction of sp³-hybridized carbons (Fsp3) is 0. The van der Waals surface area contributed by atoms with Gasteiger partial charge in [0.2, 0.25) is 0 Å². The molecule has 0 atom stereocenters. The number of nitrogens with zero attached hydrogens (tertiary/aromatic N) is 1. The van der Waals surface area contributed by atoms with E-state index in [1.54, 1.807) is 36.4 Å². The minimum absolute atomic E-state index is 0.293. The highest BCUT2D eigenvalue weighted by molar-refractivity contribution is 6.31. The van der Waals surface area contributed by atoms with Gasteiger partial charge in [0.1, 0.15) is 6.07 Å². The molecule has 2 aromatic carbocycles. The number of nitriles is 1. The number of nitrogen functional groups attached to an aromatic ring is 1. The van der Waals surface area contributed by atoms with Crippen molar-refractivity contribution in [1.82, 2.24) is 0 Å². The summed E-state index contributed by atoms with van der Waals surface area (Å²) in [6.45, 7) is 0. The molecular weight excluding hydrogens is 262 g/mol. The summed E-state index contributed by atoms with van der Waals surface area (Å²) in [5.74, 6) is -0.293. The summed E-state index contributed by atoms with van der Waals surface area (Å²) in [5, 5.41) is 11.9. The molecule has 0 radical (unpaired) electrons. The number of nitrogens with one attached hydrogen (secondary N) is 1. The van der Waals surface area contributed by atoms with Crippen LogP contribution in [0.15, 0.2) is 42.5 Å². The average Bonchev–Trinajstić information content (AvgIpc) is 2.41. The molecule has 0 aliphatic carbocycles. The summed E-state index contributed by atoms with van der Waals surface area (Å²) >= 11 is 5.82. The molecule has 19 heavy (non-hydrogen) atoms. The summed E-state index contributed by atoms with van der Waals surface area (Å²) in [6, 6.07) is 13.3. The molecule has 2 aromatic rings. The maximum Gasteiger partial charge on any atom is 0.255 e. The smallest absolute Gasteiger partial charge is 0.255 e. The van der Waals surface area contributed by atoms with Gasteiger partial charge in [-0.05, 0) is 36.4 Å². The monoisotopic (exact) mass is 271 g/mol. The molecule has 0 aromatic heterocycles. The molecular formula is C14H10ClN3O. The highest BCUT2D eigenvalue weighted by Crippen LogP contribution is 2.20. The van der Waals surface area contributed by atoms with Crippen LogP contribution in [0.5, 0.6) is 0 Å². The van der Waals surface area contributed by atoms with Crippen LogP contribution in [0.2, 0.25) is 5.02 Å². The van der Waals surface area contributed by atoms with Crippen molar-refractivity contribution < 1.29 is 4.79 Å². The van der Waals surface area contributed by atoms with Gasteiger partial charge in [-0.15, -0.1) is 0 Å². The van der Waals surface area contributed by atoms with Crippen LogP contribution in [0, 0.1) is 11.3 Å². The summed E-state index contributed by atoms with van der Waals surface area (Å²) < 4.78 is 0. The van der Waals surface area contributed by atoms with E-state index in [1.807, 2.05) is 6.07 Å². The Morgan fingerprint density at radius 1 is 1.26 bits per heavy atom. The van der Waals surface area contributed by atoms with E-state index in [9.17, 15) is 4.79 Å². The second kappa shape index (κ2) is 5.42. The van der Waals surface area contributed by atoms with Gasteiger partial charge in [0.15, 0.2) is 0 Å². The van der Waals surface area contributed by atoms with Crippen molar-refractivity contribution in [1.29, 1.82) is 5.26 Å². The molecule has 0 unspecified atom stereocenters. The van der Waals surface area contributed by atoms with E-state index in [2.05, 4.69) is 5.32 Å². The molecule has 0 fully saturated rings. The fourth-order valence-corrected chi connectivity index (χ4v) is 1.73. The Morgan fingerprint density at radius 3 is 2.74 bits per heavy atom. The van der Waals surface area contributed by atoms with Crippen molar-refractivity contribution in [2.24, 2.45) is 0 Å². The van der Waals surface area contributed by atoms with Gasteiger partial charge in [0.25, 0.3) is 5.91 Å². The van der Waals surface area contributed by atoms with Crippen LogP contribution in [0.1, 0.15) is 15.9 Å². The summed E-state index contributed by atoms with van der Waals surface area (Å²) in [6.07, 6.45) is 0. The van der Waals surface area contributed by atoms with Crippen LogP contribution in [0.25, 0.3) is 0 Å². The van der Waals surface area contributed by atoms with E-state index in [1.165, 1.54) is 6.07 Å². The minimum atomic E-state index is -0.293. The normalized spacial score (nSPS) is 9.68. The van der Waals surface area contributed by atoms with Crippen molar-refractivity contribution >= 4 is 28.9 Å². The predicted octanol–water partition coefficient (Wildman–Crippen LogP) is 3.05. The third-order valence-corrected chi connectivity index (χ3v) is 2.82. The second-order valence-corrected chi connectivity index (χ2v) is 4.29. The Hall–Kier alpha value is -2.51. The van der Waals surface area contributed by atoms with Crippen molar-refractivity contribution in [2.45, 2.75) is 0 Å². The molecule has 0 bridgehead atoms. The Morgan fingerprint density at radius 2 is 2.05 bits per heavy atom. The van der Waals surface area contributed by atoms with Crippen LogP contribution < -0.4 is 11.1 Å². The summed E-state index contributed by atoms with van der Waals surface area (Å²) in [4.78, 5) is 12.0. The number of halogens is 1. The lowest BCUT2D eigenvalue weighted by Crippen LogP contribution is -2.12. The number of hydrogen-bond donors (Lipinski definition) is 2. The van der Waals surface area contributed by atoms with Gasteiger partial charge in [-0.1, -0.05) is 17.7 Å². The lowest BCUT2D eigenvalue weighted by atomic mass is 10.1. The van der Waals surface area contributed by atoms with Gasteiger partial charge >= 0.3 is 0 Å². The molecule has 3 N–H and O–H groups in total. The Bertz CT molecular complexity index is 677. The fourth-order valence-electron chi connectivity index (χ4n) is 1.57. The number of rotatable bonds is 2. The highest BCUT2D eigenvalue weighted by Gasteiger charge is 2.07. The topological polar surface area (TPSA) is 78.9 Å². The number of anilines is 2. The Kier molecular flexibility index (Phi) is 3.69. The molecule has 94 valence electrons. The summed E-state index contributed by atoms with van der Waals surface area (Å²) in [7, 11) is 0. The van der Waals surface area contributed by atoms with Crippen molar-refractivity contribution in [3.05, 3.63) is 58.6 Å². The first-order valence-corrected chi connectivity index (χ1v) is 5.84. The Balaban J connectivity index is 2.22. The van der Waals surface area contributed by atoms with Crippen molar-refractivity contribution in [3.63, 3.8) is 0 Å². The molecule has 0 spiro atoms. The second-order valence-electron chi connectivity index (χ2n) is 3.89. The van der Waals surface area contributed by atoms with Gasteiger partial charge in [0.05, 0.1) is 10.6 Å². The third-order valence-electron chi connectivity index (χ3n) is 2.49. The Labute approximate surface area is 115 Å². The molecule has 1 amide bonds. The first kappa shape index (κ1) is 12.9. The summed E-state index contributed by atoms with van der Waals surface area (Å²) in [5.41, 5.74) is 7.40. The average molecular weight is 272 g/mol. The number of carbonyl (C=O) groups excluding carboxylic acids is 1. The van der Waals surface area contributed by atoms with Crippen LogP contribution >= 0.6 is 11.6 Å². The number of amides is 1. The van der Waals surface area contributed by atoms with Crippen LogP contribution in [-0.2, 0) is 0 Å². The van der Waals surface area contributed by atoms with Crippen molar-refractivity contribution in [2.75, 3.05) is 11.1 Å². The van der Waals surface area contributed by atoms with E-state index in [4.69, 9.17) is 22.6 Å². The molecule has 4 nitrogen and oxygen atoms in total. The number of hydrogen-bond acceptors (Lipinski definition) is 3. The minimum Gasteiger partial charge on any atom is -0.399 e. The number of benzene rings is 2. The van der Waals surface area contributed by atoms with E-state index in [0.717, 1.165) is 0 Å². The van der Waals surface area contributed by atoms with E-state index >= 15 is 0 Å². The molecule has 0 aliphatic heterocycles. The first-order chi connectivity index (χ1) is 9.10. The maximum absolute atomic E-state index is 12.0. The molecule has 0 saturated heterocycles. The largest absolute Gasteiger partial charge is 0.399 e. The van der Waals surface area contributed by atoms with E-state index in [-0.39, 0.29) is 5.91 Å². The molecule has 0 heterocycles. The van der Waals surface area contributed by atoms with E-state index in [0.29, 0.717) is 27.5 Å². The number of nitrogens with two attached hydrogens (primary N) is 1. The molecule has 5 heteroatoms. The van der Waals surface area contributed by atoms with Gasteiger partial charge in [-0.2, -0.15) is 5.26 Å². The van der Waals surface area contributed by atoms with Crippen LogP contribution in [0.4, 0.5) is 11.4 Å². The first-order valence-electron chi connectivity index (χ1n) is 5.46. The molecule has 0 saturated carbocycles. The van der Waals surface area contributed by atoms with E-state index < -0.39 is 0 Å². The molecule has 0 aliphatic rings. The van der Waals surface area contributed by atoms with Gasteiger partial charge in [-0.25, -0.2) is 0 Å². The maximum atomic E-state index is 12.0. The molecule has 2 rings (SSSR count). The predicted molar refractivity (Wildman–Crippen MR) is 75.0 cm³/mol. The van der Waals surface area contributed by atoms with Crippen molar-refractivity contribution in [3.8, 4) is 6.07 Å². The zero-order valence-corrected chi connectivity index (χ0v) is 10.6. The highest BCUT2D eigenvalue weighted by atomic mass is 35.5. The lowest BCUT2D eigenvalue weighted by Gasteiger charge is -2.06. The zero-order valence-electron chi connectivity index (χ0n) is 9.85. The number of carbonyl (C=O) groups is 1. The lowest BCUT2D eigenvalue weighted by molar-refractivity contribution is 0.102. The zero-order chi connectivity index (χ0) is 13.8. The third kappa shape index (κ3) is 3.03. The van der Waals surface area contributed by atoms with Gasteiger partial charge in [-0.3, -0.25) is 4.79 Å². The van der Waals surface area contributed by atoms with Gasteiger partial charge < -0.3 is 11.1 Å². The SMILES string of the molecule is N#Cc1cc(NC(=O)c2cccc(N)c2)ccc1Cl. The van der Waals surface area contributed by atoms with Crippen LogP contribution in [-0.4, -0.2) is 5.91 Å².